The minimum Gasteiger partial charge on any atom is -0.494 e. The zero-order chi connectivity index (χ0) is 17.5. The van der Waals surface area contributed by atoms with Gasteiger partial charge in [-0.15, -0.1) is 0 Å². The lowest BCUT2D eigenvalue weighted by Gasteiger charge is -2.19. The van der Waals surface area contributed by atoms with Crippen molar-refractivity contribution in [2.24, 2.45) is 0 Å². The average Bonchev–Trinajstić information content (AvgIpc) is 2.57. The summed E-state index contributed by atoms with van der Waals surface area (Å²) in [6.45, 7) is 6.10. The number of rotatable bonds is 7. The Morgan fingerprint density at radius 2 is 1.62 bits per heavy atom. The predicted octanol–water partition coefficient (Wildman–Crippen LogP) is 3.87. The van der Waals surface area contributed by atoms with Crippen LogP contribution in [0.3, 0.4) is 0 Å². The maximum absolute atomic E-state index is 12.9. The molecule has 0 aliphatic heterocycles. The highest BCUT2D eigenvalue weighted by Crippen LogP contribution is 2.18. The first-order valence-electron chi connectivity index (χ1n) is 7.95. The number of halogens is 1. The molecule has 0 radical (unpaired) electrons. The van der Waals surface area contributed by atoms with Gasteiger partial charge in [0.2, 0.25) is 0 Å². The number of ether oxygens (including phenoxy) is 2. The molecule has 2 rings (SSSR count). The normalized spacial score (nSPS) is 13.0. The fourth-order valence-electron chi connectivity index (χ4n) is 2.20. The molecule has 0 saturated heterocycles. The van der Waals surface area contributed by atoms with Crippen molar-refractivity contribution < 1.29 is 18.7 Å². The molecular weight excluding hydrogens is 309 g/mol. The summed E-state index contributed by atoms with van der Waals surface area (Å²) in [7, 11) is 0. The minimum absolute atomic E-state index is 0.160. The number of nitrogens with one attached hydrogen (secondary N) is 1. The Hall–Kier alpha value is -2.56. The van der Waals surface area contributed by atoms with Gasteiger partial charge >= 0.3 is 0 Å². The summed E-state index contributed by atoms with van der Waals surface area (Å²) >= 11 is 0. The molecular formula is C19H22FNO3. The summed E-state index contributed by atoms with van der Waals surface area (Å²) in [5, 5.41) is 2.90. The summed E-state index contributed by atoms with van der Waals surface area (Å²) in [6, 6.07) is 13.0. The highest BCUT2D eigenvalue weighted by Gasteiger charge is 2.17. The first kappa shape index (κ1) is 17.8. The molecule has 2 aromatic carbocycles. The number of carbonyl (C=O) groups excluding carboxylic acids is 1. The summed E-state index contributed by atoms with van der Waals surface area (Å²) < 4.78 is 23.8. The number of carbonyl (C=O) groups is 1. The lowest BCUT2D eigenvalue weighted by atomic mass is 10.1. The number of hydrogen-bond acceptors (Lipinski definition) is 3. The van der Waals surface area contributed by atoms with Crippen LogP contribution < -0.4 is 14.8 Å². The number of benzene rings is 2. The minimum atomic E-state index is -0.680. The van der Waals surface area contributed by atoms with Crippen LogP contribution in [0.15, 0.2) is 48.5 Å². The van der Waals surface area contributed by atoms with Gasteiger partial charge in [0, 0.05) is 0 Å². The quantitative estimate of drug-likeness (QED) is 0.838. The molecule has 1 N–H and O–H groups in total. The summed E-state index contributed by atoms with van der Waals surface area (Å²) in [5.74, 6) is 0.671. The maximum atomic E-state index is 12.9. The SMILES string of the molecule is CCOc1ccc([C@H](C)NC(=O)[C@H](C)Oc2ccc(F)cc2)cc1. The van der Waals surface area contributed by atoms with E-state index in [2.05, 4.69) is 5.32 Å². The molecule has 1 amide bonds. The van der Waals surface area contributed by atoms with E-state index in [0.29, 0.717) is 12.4 Å². The summed E-state index contributed by atoms with van der Waals surface area (Å²) in [6.07, 6.45) is -0.680. The van der Waals surface area contributed by atoms with Crippen LogP contribution in [-0.2, 0) is 4.79 Å². The average molecular weight is 331 g/mol. The van der Waals surface area contributed by atoms with Gasteiger partial charge in [0.15, 0.2) is 6.10 Å². The van der Waals surface area contributed by atoms with E-state index < -0.39 is 6.10 Å². The van der Waals surface area contributed by atoms with Crippen LogP contribution in [0, 0.1) is 5.82 Å². The third-order valence-corrected chi connectivity index (χ3v) is 3.55. The van der Waals surface area contributed by atoms with Gasteiger partial charge in [-0.1, -0.05) is 12.1 Å². The van der Waals surface area contributed by atoms with Crippen molar-refractivity contribution in [3.05, 3.63) is 59.9 Å². The first-order valence-corrected chi connectivity index (χ1v) is 7.95. The zero-order valence-corrected chi connectivity index (χ0v) is 14.1. The Bertz CT molecular complexity index is 655. The van der Waals surface area contributed by atoms with Gasteiger partial charge in [-0.2, -0.15) is 0 Å². The monoisotopic (exact) mass is 331 g/mol. The van der Waals surface area contributed by atoms with Gasteiger partial charge in [0.1, 0.15) is 17.3 Å². The molecule has 0 spiro atoms. The fourth-order valence-corrected chi connectivity index (χ4v) is 2.20. The molecule has 0 heterocycles. The van der Waals surface area contributed by atoms with E-state index in [0.717, 1.165) is 11.3 Å². The van der Waals surface area contributed by atoms with E-state index in [1.165, 1.54) is 24.3 Å². The predicted molar refractivity (Wildman–Crippen MR) is 90.7 cm³/mol. The van der Waals surface area contributed by atoms with E-state index in [4.69, 9.17) is 9.47 Å². The third-order valence-electron chi connectivity index (χ3n) is 3.55. The molecule has 0 bridgehead atoms. The smallest absolute Gasteiger partial charge is 0.261 e. The molecule has 0 unspecified atom stereocenters. The molecule has 0 aliphatic rings. The highest BCUT2D eigenvalue weighted by atomic mass is 19.1. The van der Waals surface area contributed by atoms with Crippen molar-refractivity contribution in [1.29, 1.82) is 0 Å². The van der Waals surface area contributed by atoms with E-state index in [-0.39, 0.29) is 17.8 Å². The van der Waals surface area contributed by atoms with Crippen LogP contribution in [0.2, 0.25) is 0 Å². The third kappa shape index (κ3) is 4.98. The highest BCUT2D eigenvalue weighted by molar-refractivity contribution is 5.81. The first-order chi connectivity index (χ1) is 11.5. The topological polar surface area (TPSA) is 47.6 Å². The van der Waals surface area contributed by atoms with Crippen LogP contribution in [0.4, 0.5) is 4.39 Å². The van der Waals surface area contributed by atoms with Gasteiger partial charge in [-0.05, 0) is 62.7 Å². The second kappa shape index (κ2) is 8.34. The largest absolute Gasteiger partial charge is 0.494 e. The van der Waals surface area contributed by atoms with Gasteiger partial charge in [0.25, 0.3) is 5.91 Å². The molecule has 128 valence electrons. The van der Waals surface area contributed by atoms with Crippen LogP contribution in [0.1, 0.15) is 32.4 Å². The van der Waals surface area contributed by atoms with Crippen molar-refractivity contribution in [2.45, 2.75) is 32.9 Å². The number of hydrogen-bond donors (Lipinski definition) is 1. The Kier molecular flexibility index (Phi) is 6.18. The Morgan fingerprint density at radius 1 is 1.04 bits per heavy atom. The van der Waals surface area contributed by atoms with Gasteiger partial charge in [-0.25, -0.2) is 4.39 Å². The molecule has 2 aromatic rings. The number of amides is 1. The van der Waals surface area contributed by atoms with E-state index in [9.17, 15) is 9.18 Å². The van der Waals surface area contributed by atoms with Crippen molar-refractivity contribution in [3.8, 4) is 11.5 Å². The van der Waals surface area contributed by atoms with Crippen LogP contribution in [0.5, 0.6) is 11.5 Å². The molecule has 24 heavy (non-hydrogen) atoms. The van der Waals surface area contributed by atoms with E-state index in [1.807, 2.05) is 38.1 Å². The molecule has 0 aromatic heterocycles. The fraction of sp³-hybridized carbons (Fsp3) is 0.316. The van der Waals surface area contributed by atoms with E-state index in [1.54, 1.807) is 6.92 Å². The summed E-state index contributed by atoms with van der Waals surface area (Å²) in [5.41, 5.74) is 0.973. The van der Waals surface area contributed by atoms with Crippen molar-refractivity contribution in [3.63, 3.8) is 0 Å². The van der Waals surface area contributed by atoms with Crippen LogP contribution >= 0.6 is 0 Å². The summed E-state index contributed by atoms with van der Waals surface area (Å²) in [4.78, 5) is 12.2. The molecule has 2 atom stereocenters. The lowest BCUT2D eigenvalue weighted by Crippen LogP contribution is -2.37. The Labute approximate surface area is 141 Å². The lowest BCUT2D eigenvalue weighted by molar-refractivity contribution is -0.127. The zero-order valence-electron chi connectivity index (χ0n) is 14.1. The maximum Gasteiger partial charge on any atom is 0.261 e. The molecule has 0 saturated carbocycles. The molecule has 5 heteroatoms. The van der Waals surface area contributed by atoms with Crippen molar-refractivity contribution in [1.82, 2.24) is 5.32 Å². The van der Waals surface area contributed by atoms with Gasteiger partial charge in [0.05, 0.1) is 12.6 Å². The van der Waals surface area contributed by atoms with Crippen molar-refractivity contribution >= 4 is 5.91 Å². The van der Waals surface area contributed by atoms with Gasteiger partial charge in [-0.3, -0.25) is 4.79 Å². The van der Waals surface area contributed by atoms with Crippen LogP contribution in [-0.4, -0.2) is 18.6 Å². The Balaban J connectivity index is 1.91. The second-order valence-corrected chi connectivity index (χ2v) is 5.45. The molecule has 4 nitrogen and oxygen atoms in total. The Morgan fingerprint density at radius 3 is 2.21 bits per heavy atom. The van der Waals surface area contributed by atoms with Crippen LogP contribution in [0.25, 0.3) is 0 Å². The molecule has 0 aliphatic carbocycles. The van der Waals surface area contributed by atoms with Crippen molar-refractivity contribution in [2.75, 3.05) is 6.61 Å². The van der Waals surface area contributed by atoms with E-state index >= 15 is 0 Å². The second-order valence-electron chi connectivity index (χ2n) is 5.45. The van der Waals surface area contributed by atoms with Gasteiger partial charge < -0.3 is 14.8 Å². The molecule has 0 fully saturated rings. The standard InChI is InChI=1S/C19H22FNO3/c1-4-23-17-9-5-15(6-10-17)13(2)21-19(22)14(3)24-18-11-7-16(20)8-12-18/h5-14H,4H2,1-3H3,(H,21,22)/t13-,14-/m0/s1.